The van der Waals surface area contributed by atoms with E-state index in [9.17, 15) is 9.59 Å². The van der Waals surface area contributed by atoms with Crippen LogP contribution in [0.2, 0.25) is 0 Å². The van der Waals surface area contributed by atoms with Gasteiger partial charge in [-0.25, -0.2) is 0 Å². The Bertz CT molecular complexity index is 709. The van der Waals surface area contributed by atoms with E-state index in [2.05, 4.69) is 4.98 Å². The normalized spacial score (nSPS) is 12.5. The van der Waals surface area contributed by atoms with Crippen molar-refractivity contribution in [2.75, 3.05) is 27.2 Å². The number of esters is 1. The van der Waals surface area contributed by atoms with Crippen LogP contribution in [0.15, 0.2) is 35.1 Å². The minimum absolute atomic E-state index is 0.207. The van der Waals surface area contributed by atoms with E-state index in [1.807, 2.05) is 43.3 Å². The molecule has 0 aliphatic rings. The van der Waals surface area contributed by atoms with Crippen molar-refractivity contribution < 1.29 is 9.53 Å². The molecule has 118 valence electrons. The second-order valence-corrected chi connectivity index (χ2v) is 5.49. The highest BCUT2D eigenvalue weighted by molar-refractivity contribution is 5.83. The number of carbonyl (C=O) groups excluding carboxylic acids is 1. The third-order valence-electron chi connectivity index (χ3n) is 3.36. The number of aromatic amines is 1. The maximum Gasteiger partial charge on any atom is 0.323 e. The third-order valence-corrected chi connectivity index (χ3v) is 3.36. The first kappa shape index (κ1) is 16.2. The van der Waals surface area contributed by atoms with Crippen LogP contribution in [-0.4, -0.2) is 49.1 Å². The second kappa shape index (κ2) is 7.20. The van der Waals surface area contributed by atoms with Gasteiger partial charge in [0.15, 0.2) is 0 Å². The van der Waals surface area contributed by atoms with Gasteiger partial charge in [-0.15, -0.1) is 0 Å². The van der Waals surface area contributed by atoms with Crippen LogP contribution in [0.25, 0.3) is 10.9 Å². The summed E-state index contributed by atoms with van der Waals surface area (Å²) in [4.78, 5) is 28.3. The Balaban J connectivity index is 2.10. The molecule has 0 bridgehead atoms. The lowest BCUT2D eigenvalue weighted by atomic mass is 10.0. The number of hydrogen-bond donors (Lipinski definition) is 2. The zero-order valence-corrected chi connectivity index (χ0v) is 12.8. The van der Waals surface area contributed by atoms with Gasteiger partial charge in [-0.1, -0.05) is 18.2 Å². The van der Waals surface area contributed by atoms with Gasteiger partial charge in [-0.2, -0.15) is 0 Å². The molecule has 0 fully saturated rings. The van der Waals surface area contributed by atoms with Gasteiger partial charge in [0.1, 0.15) is 12.6 Å². The molecule has 0 aliphatic heterocycles. The smallest absolute Gasteiger partial charge is 0.323 e. The van der Waals surface area contributed by atoms with Crippen LogP contribution < -0.4 is 11.3 Å². The van der Waals surface area contributed by atoms with E-state index in [-0.39, 0.29) is 12.0 Å². The predicted octanol–water partition coefficient (Wildman–Crippen LogP) is 0.503. The number of hydrogen-bond acceptors (Lipinski definition) is 5. The van der Waals surface area contributed by atoms with E-state index in [0.29, 0.717) is 13.2 Å². The van der Waals surface area contributed by atoms with E-state index in [0.717, 1.165) is 16.5 Å². The van der Waals surface area contributed by atoms with Crippen LogP contribution in [0, 0.1) is 0 Å². The fraction of sp³-hybridized carbons (Fsp3) is 0.375. The first-order chi connectivity index (χ1) is 10.5. The first-order valence-corrected chi connectivity index (χ1v) is 7.15. The van der Waals surface area contributed by atoms with Gasteiger partial charge in [0.25, 0.3) is 0 Å². The van der Waals surface area contributed by atoms with Crippen LogP contribution in [0.3, 0.4) is 0 Å². The monoisotopic (exact) mass is 303 g/mol. The maximum absolute atomic E-state index is 11.9. The molecule has 1 atom stereocenters. The van der Waals surface area contributed by atoms with E-state index < -0.39 is 12.0 Å². The zero-order chi connectivity index (χ0) is 16.1. The molecule has 1 unspecified atom stereocenters. The van der Waals surface area contributed by atoms with Gasteiger partial charge < -0.3 is 20.4 Å². The lowest BCUT2D eigenvalue weighted by molar-refractivity contribution is -0.145. The van der Waals surface area contributed by atoms with Crippen molar-refractivity contribution in [1.29, 1.82) is 0 Å². The number of benzene rings is 1. The molecule has 0 saturated heterocycles. The van der Waals surface area contributed by atoms with Gasteiger partial charge in [-0.3, -0.25) is 9.59 Å². The number of nitrogens with two attached hydrogens (primary N) is 1. The molecule has 3 N–H and O–H groups in total. The summed E-state index contributed by atoms with van der Waals surface area (Å²) in [6.45, 7) is 0.946. The molecular weight excluding hydrogens is 282 g/mol. The number of rotatable bonds is 6. The van der Waals surface area contributed by atoms with Crippen molar-refractivity contribution in [3.8, 4) is 0 Å². The second-order valence-electron chi connectivity index (χ2n) is 5.49. The molecule has 6 nitrogen and oxygen atoms in total. The number of nitrogens with zero attached hydrogens (tertiary/aromatic N) is 1. The summed E-state index contributed by atoms with van der Waals surface area (Å²) in [7, 11) is 3.80. The third kappa shape index (κ3) is 4.16. The molecule has 0 radical (unpaired) electrons. The van der Waals surface area contributed by atoms with E-state index in [4.69, 9.17) is 10.5 Å². The standard InChI is InChI=1S/C16H21N3O3/c1-19(2)7-8-22-16(21)13(17)9-11-10-15(20)18-14-6-4-3-5-12(11)14/h3-6,10,13H,7-9,17H2,1-2H3,(H,18,20). The molecule has 2 rings (SSSR count). The fourth-order valence-corrected chi connectivity index (χ4v) is 2.20. The van der Waals surface area contributed by atoms with Crippen molar-refractivity contribution in [1.82, 2.24) is 9.88 Å². The number of ether oxygens (including phenoxy) is 1. The number of likely N-dealkylation sites (N-methyl/N-ethyl adjacent to an activating group) is 1. The maximum atomic E-state index is 11.9. The van der Waals surface area contributed by atoms with Crippen LogP contribution in [0.5, 0.6) is 0 Å². The largest absolute Gasteiger partial charge is 0.463 e. The summed E-state index contributed by atoms with van der Waals surface area (Å²) < 4.78 is 5.14. The molecule has 6 heteroatoms. The fourth-order valence-electron chi connectivity index (χ4n) is 2.20. The van der Waals surface area contributed by atoms with Gasteiger partial charge in [-0.05, 0) is 32.1 Å². The molecule has 1 heterocycles. The molecular formula is C16H21N3O3. The first-order valence-electron chi connectivity index (χ1n) is 7.15. The number of H-pyrrole nitrogens is 1. The zero-order valence-electron chi connectivity index (χ0n) is 12.8. The lowest BCUT2D eigenvalue weighted by Gasteiger charge is -2.14. The average Bonchev–Trinajstić information content (AvgIpc) is 2.46. The van der Waals surface area contributed by atoms with Gasteiger partial charge in [0.05, 0.1) is 0 Å². The minimum Gasteiger partial charge on any atom is -0.463 e. The summed E-state index contributed by atoms with van der Waals surface area (Å²) in [5.74, 6) is -0.453. The minimum atomic E-state index is -0.785. The molecule has 1 aromatic heterocycles. The highest BCUT2D eigenvalue weighted by Gasteiger charge is 2.17. The van der Waals surface area contributed by atoms with Gasteiger partial charge in [0, 0.05) is 23.5 Å². The van der Waals surface area contributed by atoms with Crippen LogP contribution >= 0.6 is 0 Å². The van der Waals surface area contributed by atoms with E-state index >= 15 is 0 Å². The molecule has 2 aromatic rings. The molecule has 0 amide bonds. The Morgan fingerprint density at radius 3 is 2.82 bits per heavy atom. The summed E-state index contributed by atoms with van der Waals surface area (Å²) in [5, 5.41) is 0.888. The summed E-state index contributed by atoms with van der Waals surface area (Å²) in [5.41, 5.74) is 7.18. The Morgan fingerprint density at radius 2 is 2.09 bits per heavy atom. The Morgan fingerprint density at radius 1 is 1.36 bits per heavy atom. The van der Waals surface area contributed by atoms with Crippen molar-refractivity contribution in [3.05, 3.63) is 46.2 Å². The van der Waals surface area contributed by atoms with Crippen LogP contribution in [0.4, 0.5) is 0 Å². The topological polar surface area (TPSA) is 88.4 Å². The number of aromatic nitrogens is 1. The van der Waals surface area contributed by atoms with Gasteiger partial charge in [0.2, 0.25) is 5.56 Å². The number of carbonyl (C=O) groups is 1. The van der Waals surface area contributed by atoms with E-state index in [1.165, 1.54) is 6.07 Å². The van der Waals surface area contributed by atoms with Crippen LogP contribution in [-0.2, 0) is 16.0 Å². The molecule has 1 aromatic carbocycles. The summed E-state index contributed by atoms with van der Waals surface area (Å²) in [6.07, 6.45) is 0.269. The number of para-hydroxylation sites is 1. The van der Waals surface area contributed by atoms with Crippen LogP contribution in [0.1, 0.15) is 5.56 Å². The lowest BCUT2D eigenvalue weighted by Crippen LogP contribution is -2.36. The van der Waals surface area contributed by atoms with Crippen molar-refractivity contribution in [3.63, 3.8) is 0 Å². The van der Waals surface area contributed by atoms with E-state index in [1.54, 1.807) is 0 Å². The summed E-state index contributed by atoms with van der Waals surface area (Å²) >= 11 is 0. The quantitative estimate of drug-likeness (QED) is 0.759. The molecule has 0 saturated carbocycles. The number of fused-ring (bicyclic) bond motifs is 1. The highest BCUT2D eigenvalue weighted by atomic mass is 16.5. The highest BCUT2D eigenvalue weighted by Crippen LogP contribution is 2.16. The van der Waals surface area contributed by atoms with Crippen molar-refractivity contribution in [2.45, 2.75) is 12.5 Å². The van der Waals surface area contributed by atoms with Gasteiger partial charge >= 0.3 is 5.97 Å². The number of nitrogens with one attached hydrogen (secondary N) is 1. The Hall–Kier alpha value is -2.18. The average molecular weight is 303 g/mol. The van der Waals surface area contributed by atoms with Crippen molar-refractivity contribution >= 4 is 16.9 Å². The molecule has 0 aliphatic carbocycles. The predicted molar refractivity (Wildman–Crippen MR) is 85.8 cm³/mol. The van der Waals surface area contributed by atoms with Crippen molar-refractivity contribution in [2.24, 2.45) is 5.73 Å². The Kier molecular flexibility index (Phi) is 5.30. The number of pyridine rings is 1. The Labute approximate surface area is 128 Å². The molecule has 0 spiro atoms. The molecule has 22 heavy (non-hydrogen) atoms. The summed E-state index contributed by atoms with van der Waals surface area (Å²) in [6, 6.07) is 8.14. The SMILES string of the molecule is CN(C)CCOC(=O)C(N)Cc1cc(=O)[nH]c2ccccc12.